The van der Waals surface area contributed by atoms with E-state index in [1.165, 1.54) is 16.0 Å². The van der Waals surface area contributed by atoms with Gasteiger partial charge in [0.25, 0.3) is 0 Å². The van der Waals surface area contributed by atoms with E-state index in [1.54, 1.807) is 23.5 Å². The van der Waals surface area contributed by atoms with E-state index < -0.39 is 0 Å². The highest BCUT2D eigenvalue weighted by Gasteiger charge is 2.12. The van der Waals surface area contributed by atoms with Gasteiger partial charge in [-0.1, -0.05) is 59.3 Å². The van der Waals surface area contributed by atoms with Crippen molar-refractivity contribution in [2.24, 2.45) is 0 Å². The summed E-state index contributed by atoms with van der Waals surface area (Å²) in [5.74, 6) is 2.55. The molecule has 3 aromatic rings. The van der Waals surface area contributed by atoms with Gasteiger partial charge >= 0.3 is 0 Å². The first kappa shape index (κ1) is 19.1. The summed E-state index contributed by atoms with van der Waals surface area (Å²) in [5.41, 5.74) is 2.44. The van der Waals surface area contributed by atoms with Crippen LogP contribution in [0.25, 0.3) is 0 Å². The van der Waals surface area contributed by atoms with Crippen LogP contribution in [-0.4, -0.2) is 14.8 Å². The van der Waals surface area contributed by atoms with Gasteiger partial charge < -0.3 is 4.57 Å². The van der Waals surface area contributed by atoms with Crippen molar-refractivity contribution in [2.45, 2.75) is 35.0 Å². The van der Waals surface area contributed by atoms with E-state index in [2.05, 4.69) is 58.6 Å². The average Bonchev–Trinajstić information content (AvgIpc) is 3.02. The maximum atomic E-state index is 6.06. The average molecular weight is 402 g/mol. The Hall–Kier alpha value is -1.69. The molecule has 0 unspecified atom stereocenters. The third-order valence-corrected chi connectivity index (χ3v) is 6.03. The summed E-state index contributed by atoms with van der Waals surface area (Å²) in [5, 5.41) is 10.4. The lowest BCUT2D eigenvalue weighted by Gasteiger charge is -2.08. The van der Waals surface area contributed by atoms with Gasteiger partial charge in [0.1, 0.15) is 5.82 Å². The summed E-state index contributed by atoms with van der Waals surface area (Å²) < 4.78 is 2.13. The van der Waals surface area contributed by atoms with Crippen LogP contribution in [0.4, 0.5) is 0 Å². The molecule has 3 rings (SSSR count). The smallest absolute Gasteiger partial charge is 0.191 e. The Morgan fingerprint density at radius 1 is 1.08 bits per heavy atom. The van der Waals surface area contributed by atoms with Gasteiger partial charge in [-0.05, 0) is 36.8 Å². The SMILES string of the molecule is C=CCn1c(CSc2ccc(C)cc2)nnc1SCc1cccc(Cl)c1. The Morgan fingerprint density at radius 2 is 1.88 bits per heavy atom. The number of hydrogen-bond acceptors (Lipinski definition) is 4. The summed E-state index contributed by atoms with van der Waals surface area (Å²) in [4.78, 5) is 1.23. The normalized spacial score (nSPS) is 10.8. The molecule has 3 nitrogen and oxygen atoms in total. The number of rotatable bonds is 8. The fourth-order valence-electron chi connectivity index (χ4n) is 2.40. The van der Waals surface area contributed by atoms with Crippen LogP contribution in [0.5, 0.6) is 0 Å². The maximum Gasteiger partial charge on any atom is 0.191 e. The third kappa shape index (κ3) is 5.16. The zero-order chi connectivity index (χ0) is 18.4. The second kappa shape index (κ2) is 9.31. The van der Waals surface area contributed by atoms with Gasteiger partial charge in [-0.25, -0.2) is 0 Å². The molecule has 26 heavy (non-hydrogen) atoms. The predicted molar refractivity (Wildman–Crippen MR) is 112 cm³/mol. The Bertz CT molecular complexity index is 875. The molecule has 0 N–H and O–H groups in total. The molecule has 0 atom stereocenters. The minimum absolute atomic E-state index is 0.703. The largest absolute Gasteiger partial charge is 0.301 e. The fraction of sp³-hybridized carbons (Fsp3) is 0.200. The van der Waals surface area contributed by atoms with E-state index in [0.29, 0.717) is 6.54 Å². The minimum Gasteiger partial charge on any atom is -0.301 e. The van der Waals surface area contributed by atoms with Gasteiger partial charge in [0, 0.05) is 22.2 Å². The topological polar surface area (TPSA) is 30.7 Å². The van der Waals surface area contributed by atoms with Crippen LogP contribution >= 0.6 is 35.1 Å². The predicted octanol–water partition coefficient (Wildman–Crippen LogP) is 6.01. The van der Waals surface area contributed by atoms with Crippen LogP contribution in [0.15, 0.2) is 71.2 Å². The van der Waals surface area contributed by atoms with Crippen molar-refractivity contribution >= 4 is 35.1 Å². The molecule has 0 aliphatic carbocycles. The van der Waals surface area contributed by atoms with E-state index in [0.717, 1.165) is 27.5 Å². The second-order valence-corrected chi connectivity index (χ2v) is 8.25. The molecular formula is C20H20ClN3S2. The van der Waals surface area contributed by atoms with Crippen LogP contribution in [0, 0.1) is 6.92 Å². The van der Waals surface area contributed by atoms with E-state index in [-0.39, 0.29) is 0 Å². The molecule has 0 aliphatic rings. The summed E-state index contributed by atoms with van der Waals surface area (Å²) in [6.45, 7) is 6.66. The molecule has 0 bridgehead atoms. The molecule has 0 fully saturated rings. The first-order valence-corrected chi connectivity index (χ1v) is 10.6. The number of halogens is 1. The van der Waals surface area contributed by atoms with Gasteiger partial charge in [-0.3, -0.25) is 0 Å². The molecule has 0 amide bonds. The summed E-state index contributed by atoms with van der Waals surface area (Å²) in [7, 11) is 0. The molecule has 0 saturated heterocycles. The van der Waals surface area contributed by atoms with Crippen molar-refractivity contribution in [3.63, 3.8) is 0 Å². The lowest BCUT2D eigenvalue weighted by molar-refractivity contribution is 0.700. The van der Waals surface area contributed by atoms with Crippen molar-refractivity contribution in [3.05, 3.63) is 83.2 Å². The molecule has 6 heteroatoms. The molecule has 2 aromatic carbocycles. The monoisotopic (exact) mass is 401 g/mol. The fourth-order valence-corrected chi connectivity index (χ4v) is 4.36. The lowest BCUT2D eigenvalue weighted by Crippen LogP contribution is -2.03. The Balaban J connectivity index is 1.68. The highest BCUT2D eigenvalue weighted by atomic mass is 35.5. The first-order chi connectivity index (χ1) is 12.7. The molecule has 0 spiro atoms. The highest BCUT2D eigenvalue weighted by molar-refractivity contribution is 7.98. The van der Waals surface area contributed by atoms with E-state index in [1.807, 2.05) is 24.3 Å². The third-order valence-electron chi connectivity index (χ3n) is 3.75. The number of aryl methyl sites for hydroxylation is 1. The summed E-state index contributed by atoms with van der Waals surface area (Å²) in [6, 6.07) is 16.4. The van der Waals surface area contributed by atoms with Gasteiger partial charge in [0.15, 0.2) is 5.16 Å². The van der Waals surface area contributed by atoms with Crippen LogP contribution in [0.1, 0.15) is 17.0 Å². The number of allylic oxidation sites excluding steroid dienone is 1. The lowest BCUT2D eigenvalue weighted by atomic mass is 10.2. The first-order valence-electron chi connectivity index (χ1n) is 8.25. The summed E-state index contributed by atoms with van der Waals surface area (Å²) in [6.07, 6.45) is 1.88. The molecule has 1 heterocycles. The Morgan fingerprint density at radius 3 is 2.62 bits per heavy atom. The molecule has 1 aromatic heterocycles. The van der Waals surface area contributed by atoms with Crippen LogP contribution in [-0.2, 0) is 18.1 Å². The highest BCUT2D eigenvalue weighted by Crippen LogP contribution is 2.27. The zero-order valence-electron chi connectivity index (χ0n) is 14.6. The standard InChI is InChI=1S/C20H20ClN3S2/c1-3-11-24-19(14-25-18-9-7-15(2)8-10-18)22-23-20(24)26-13-16-5-4-6-17(21)12-16/h3-10,12H,1,11,13-14H2,2H3. The van der Waals surface area contributed by atoms with Crippen molar-refractivity contribution in [3.8, 4) is 0 Å². The summed E-state index contributed by atoms with van der Waals surface area (Å²) >= 11 is 9.50. The molecular weight excluding hydrogens is 382 g/mol. The Labute approximate surface area is 167 Å². The van der Waals surface area contributed by atoms with Gasteiger partial charge in [0.05, 0.1) is 5.75 Å². The Kier molecular flexibility index (Phi) is 6.83. The second-order valence-electron chi connectivity index (χ2n) is 5.82. The molecule has 0 saturated carbocycles. The van der Waals surface area contributed by atoms with Gasteiger partial charge in [-0.15, -0.1) is 28.5 Å². The van der Waals surface area contributed by atoms with E-state index in [9.17, 15) is 0 Å². The van der Waals surface area contributed by atoms with Crippen LogP contribution < -0.4 is 0 Å². The maximum absolute atomic E-state index is 6.06. The van der Waals surface area contributed by atoms with Crippen molar-refractivity contribution in [1.82, 2.24) is 14.8 Å². The van der Waals surface area contributed by atoms with E-state index in [4.69, 9.17) is 11.6 Å². The van der Waals surface area contributed by atoms with Crippen molar-refractivity contribution < 1.29 is 0 Å². The molecule has 134 valence electrons. The number of thioether (sulfide) groups is 2. The molecule has 0 radical (unpaired) electrons. The zero-order valence-corrected chi connectivity index (χ0v) is 16.9. The van der Waals surface area contributed by atoms with Gasteiger partial charge in [-0.2, -0.15) is 0 Å². The van der Waals surface area contributed by atoms with Gasteiger partial charge in [0.2, 0.25) is 0 Å². The molecule has 0 aliphatic heterocycles. The quantitative estimate of drug-likeness (QED) is 0.341. The van der Waals surface area contributed by atoms with Crippen LogP contribution in [0.3, 0.4) is 0 Å². The number of benzene rings is 2. The van der Waals surface area contributed by atoms with Crippen molar-refractivity contribution in [2.75, 3.05) is 0 Å². The van der Waals surface area contributed by atoms with Crippen LogP contribution in [0.2, 0.25) is 5.02 Å². The number of nitrogens with zero attached hydrogens (tertiary/aromatic N) is 3. The van der Waals surface area contributed by atoms with E-state index >= 15 is 0 Å². The number of aromatic nitrogens is 3. The minimum atomic E-state index is 0.703. The number of hydrogen-bond donors (Lipinski definition) is 0. The van der Waals surface area contributed by atoms with Crippen molar-refractivity contribution in [1.29, 1.82) is 0 Å².